The van der Waals surface area contributed by atoms with Gasteiger partial charge in [0, 0.05) is 18.5 Å². The molecule has 33 heavy (non-hydrogen) atoms. The Bertz CT molecular complexity index is 810. The first-order valence-corrected chi connectivity index (χ1v) is 12.4. The number of amides is 1. The smallest absolute Gasteiger partial charge is 0.324 e. The van der Waals surface area contributed by atoms with E-state index in [2.05, 4.69) is 5.32 Å². The zero-order chi connectivity index (χ0) is 23.8. The Balaban J connectivity index is 1.43. The van der Waals surface area contributed by atoms with Gasteiger partial charge in [-0.2, -0.15) is 0 Å². The number of benzene rings is 2. The van der Waals surface area contributed by atoms with Crippen molar-refractivity contribution in [1.82, 2.24) is 5.32 Å². The van der Waals surface area contributed by atoms with E-state index in [4.69, 9.17) is 5.73 Å². The minimum Gasteiger partial charge on any atom is -0.480 e. The van der Waals surface area contributed by atoms with Crippen LogP contribution in [0.1, 0.15) is 86.6 Å². The van der Waals surface area contributed by atoms with Gasteiger partial charge in [0.2, 0.25) is 0 Å². The molecule has 0 heterocycles. The third-order valence-electron chi connectivity index (χ3n) is 6.16. The molecule has 2 rings (SSSR count). The molecule has 180 valence electrons. The predicted molar refractivity (Wildman–Crippen MR) is 134 cm³/mol. The Kier molecular flexibility index (Phi) is 12.3. The van der Waals surface area contributed by atoms with Gasteiger partial charge in [-0.05, 0) is 30.5 Å². The van der Waals surface area contributed by atoms with Gasteiger partial charge in [0.05, 0.1) is 0 Å². The van der Waals surface area contributed by atoms with Crippen molar-refractivity contribution in [1.29, 1.82) is 0 Å². The van der Waals surface area contributed by atoms with Crippen molar-refractivity contribution in [2.75, 3.05) is 6.54 Å². The normalized spacial score (nSPS) is 12.8. The summed E-state index contributed by atoms with van der Waals surface area (Å²) in [7, 11) is 0. The van der Waals surface area contributed by atoms with Crippen molar-refractivity contribution in [2.24, 2.45) is 5.73 Å². The van der Waals surface area contributed by atoms with Crippen LogP contribution in [0.25, 0.3) is 0 Å². The standard InChI is InChI=1S/C28H40N2O3/c29-28(27(32)33,23-24-17-11-9-12-18-24)21-15-7-5-3-1-2-4-6-8-16-22-30-26(31)25-19-13-10-14-20-25/h9-14,17-20H,1-8,15-16,21-23,29H2,(H,30,31)(H,32,33). The Morgan fingerprint density at radius 2 is 1.21 bits per heavy atom. The van der Waals surface area contributed by atoms with E-state index in [-0.39, 0.29) is 5.91 Å². The van der Waals surface area contributed by atoms with Crippen LogP contribution in [-0.2, 0) is 11.2 Å². The van der Waals surface area contributed by atoms with Gasteiger partial charge in [-0.3, -0.25) is 9.59 Å². The molecular formula is C28H40N2O3. The number of rotatable bonds is 17. The first-order chi connectivity index (χ1) is 16.0. The molecule has 0 fully saturated rings. The van der Waals surface area contributed by atoms with Crippen molar-refractivity contribution in [3.05, 3.63) is 71.8 Å². The van der Waals surface area contributed by atoms with Crippen molar-refractivity contribution in [2.45, 2.75) is 82.6 Å². The molecule has 0 saturated carbocycles. The summed E-state index contributed by atoms with van der Waals surface area (Å²) in [6, 6.07) is 19.0. The molecule has 0 spiro atoms. The monoisotopic (exact) mass is 452 g/mol. The maximum atomic E-state index is 12.0. The van der Waals surface area contributed by atoms with Crippen LogP contribution in [-0.4, -0.2) is 29.1 Å². The van der Waals surface area contributed by atoms with Crippen LogP contribution >= 0.6 is 0 Å². The van der Waals surface area contributed by atoms with Gasteiger partial charge in [-0.25, -0.2) is 0 Å². The Hall–Kier alpha value is -2.66. The molecule has 5 nitrogen and oxygen atoms in total. The molecule has 0 saturated heterocycles. The van der Waals surface area contributed by atoms with Gasteiger partial charge in [0.15, 0.2) is 0 Å². The van der Waals surface area contributed by atoms with Crippen LogP contribution in [0.4, 0.5) is 0 Å². The summed E-state index contributed by atoms with van der Waals surface area (Å²) in [5.41, 5.74) is 6.74. The Morgan fingerprint density at radius 1 is 0.727 bits per heavy atom. The molecule has 1 atom stereocenters. The number of carbonyl (C=O) groups excluding carboxylic acids is 1. The molecule has 0 bridgehead atoms. The summed E-state index contributed by atoms with van der Waals surface area (Å²) in [6.45, 7) is 0.733. The van der Waals surface area contributed by atoms with E-state index in [9.17, 15) is 14.7 Å². The second kappa shape index (κ2) is 15.2. The summed E-state index contributed by atoms with van der Waals surface area (Å²) in [5.74, 6) is -0.906. The topological polar surface area (TPSA) is 92.4 Å². The SMILES string of the molecule is NC(CCCCCCCCCCCCNC(=O)c1ccccc1)(Cc1ccccc1)C(=O)O. The number of carboxylic acids is 1. The summed E-state index contributed by atoms with van der Waals surface area (Å²) in [5, 5.41) is 12.6. The fraction of sp³-hybridized carbons (Fsp3) is 0.500. The molecule has 4 N–H and O–H groups in total. The fourth-order valence-electron chi connectivity index (χ4n) is 4.10. The second-order valence-corrected chi connectivity index (χ2v) is 9.03. The van der Waals surface area contributed by atoms with Crippen LogP contribution in [0.5, 0.6) is 0 Å². The molecule has 0 aliphatic carbocycles. The highest BCUT2D eigenvalue weighted by atomic mass is 16.4. The van der Waals surface area contributed by atoms with E-state index >= 15 is 0 Å². The molecule has 2 aromatic carbocycles. The van der Waals surface area contributed by atoms with Crippen molar-refractivity contribution in [3.63, 3.8) is 0 Å². The van der Waals surface area contributed by atoms with Crippen LogP contribution in [0.15, 0.2) is 60.7 Å². The van der Waals surface area contributed by atoms with Crippen LogP contribution in [0, 0.1) is 0 Å². The largest absolute Gasteiger partial charge is 0.480 e. The van der Waals surface area contributed by atoms with E-state index in [1.807, 2.05) is 60.7 Å². The number of hydrogen-bond acceptors (Lipinski definition) is 3. The third kappa shape index (κ3) is 10.7. The quantitative estimate of drug-likeness (QED) is 0.267. The highest BCUT2D eigenvalue weighted by molar-refractivity contribution is 5.94. The van der Waals surface area contributed by atoms with Gasteiger partial charge < -0.3 is 16.2 Å². The van der Waals surface area contributed by atoms with Gasteiger partial charge in [0.1, 0.15) is 5.54 Å². The van der Waals surface area contributed by atoms with Crippen molar-refractivity contribution < 1.29 is 14.7 Å². The van der Waals surface area contributed by atoms with Crippen LogP contribution < -0.4 is 11.1 Å². The molecule has 0 aliphatic rings. The van der Waals surface area contributed by atoms with Crippen LogP contribution in [0.3, 0.4) is 0 Å². The van der Waals surface area contributed by atoms with Gasteiger partial charge in [-0.1, -0.05) is 106 Å². The summed E-state index contributed by atoms with van der Waals surface area (Å²) in [4.78, 5) is 23.7. The lowest BCUT2D eigenvalue weighted by Crippen LogP contribution is -2.49. The molecule has 0 aliphatic heterocycles. The Labute approximate surface area is 198 Å². The molecule has 1 unspecified atom stereocenters. The number of carboxylic acid groups (broad SMARTS) is 1. The number of nitrogens with one attached hydrogen (secondary N) is 1. The Morgan fingerprint density at radius 3 is 1.76 bits per heavy atom. The van der Waals surface area contributed by atoms with Gasteiger partial charge in [-0.15, -0.1) is 0 Å². The lowest BCUT2D eigenvalue weighted by molar-refractivity contribution is -0.143. The maximum absolute atomic E-state index is 12.0. The third-order valence-corrected chi connectivity index (χ3v) is 6.16. The van der Waals surface area contributed by atoms with E-state index in [0.29, 0.717) is 18.4 Å². The summed E-state index contributed by atoms with van der Waals surface area (Å²) < 4.78 is 0. The second-order valence-electron chi connectivity index (χ2n) is 9.03. The first-order valence-electron chi connectivity index (χ1n) is 12.4. The number of unbranched alkanes of at least 4 members (excludes halogenated alkanes) is 9. The summed E-state index contributed by atoms with van der Waals surface area (Å²) >= 11 is 0. The van der Waals surface area contributed by atoms with Crippen molar-refractivity contribution in [3.8, 4) is 0 Å². The number of nitrogens with two attached hydrogens (primary N) is 1. The average molecular weight is 453 g/mol. The minimum absolute atomic E-state index is 0.00546. The average Bonchev–Trinajstić information content (AvgIpc) is 2.83. The maximum Gasteiger partial charge on any atom is 0.324 e. The summed E-state index contributed by atoms with van der Waals surface area (Å²) in [6.07, 6.45) is 12.1. The molecular weight excluding hydrogens is 412 g/mol. The lowest BCUT2D eigenvalue weighted by atomic mass is 9.86. The number of hydrogen-bond donors (Lipinski definition) is 3. The zero-order valence-corrected chi connectivity index (χ0v) is 19.8. The highest BCUT2D eigenvalue weighted by Crippen LogP contribution is 2.20. The predicted octanol–water partition coefficient (Wildman–Crippen LogP) is 5.73. The molecule has 0 aromatic heterocycles. The van der Waals surface area contributed by atoms with Gasteiger partial charge >= 0.3 is 5.97 Å². The highest BCUT2D eigenvalue weighted by Gasteiger charge is 2.33. The van der Waals surface area contributed by atoms with E-state index < -0.39 is 11.5 Å². The molecule has 0 radical (unpaired) electrons. The minimum atomic E-state index is -1.18. The fourth-order valence-corrected chi connectivity index (χ4v) is 4.10. The zero-order valence-electron chi connectivity index (χ0n) is 19.8. The lowest BCUT2D eigenvalue weighted by Gasteiger charge is -2.25. The first kappa shape index (κ1) is 26.6. The molecule has 1 amide bonds. The molecule has 2 aromatic rings. The number of aliphatic carboxylic acids is 1. The van der Waals surface area contributed by atoms with E-state index in [0.717, 1.165) is 44.2 Å². The van der Waals surface area contributed by atoms with E-state index in [1.54, 1.807) is 0 Å². The van der Waals surface area contributed by atoms with Crippen molar-refractivity contribution >= 4 is 11.9 Å². The van der Waals surface area contributed by atoms with Gasteiger partial charge in [0.25, 0.3) is 5.91 Å². The van der Waals surface area contributed by atoms with E-state index in [1.165, 1.54) is 32.1 Å². The van der Waals surface area contributed by atoms with Crippen LogP contribution in [0.2, 0.25) is 0 Å². The molecule has 5 heteroatoms. The number of carbonyl (C=O) groups is 2.